The van der Waals surface area contributed by atoms with E-state index in [1.54, 1.807) is 12.1 Å². The Morgan fingerprint density at radius 2 is 1.72 bits per heavy atom. The molecule has 5 nitrogen and oxygen atoms in total. The highest BCUT2D eigenvalue weighted by Crippen LogP contribution is 2.34. The third kappa shape index (κ3) is 4.86. The van der Waals surface area contributed by atoms with Crippen molar-refractivity contribution in [3.05, 3.63) is 119 Å². The van der Waals surface area contributed by atoms with Gasteiger partial charge in [-0.25, -0.2) is 17.2 Å². The van der Waals surface area contributed by atoms with Gasteiger partial charge < -0.3 is 5.11 Å². The number of aromatic carboxylic acids is 1. The summed E-state index contributed by atoms with van der Waals surface area (Å²) in [5.41, 5.74) is 4.85. The summed E-state index contributed by atoms with van der Waals surface area (Å²) in [5.74, 6) is -1.000. The van der Waals surface area contributed by atoms with Gasteiger partial charge in [0.05, 0.1) is 11.1 Å². The van der Waals surface area contributed by atoms with Crippen molar-refractivity contribution in [2.45, 2.75) is 44.8 Å². The van der Waals surface area contributed by atoms with Crippen LogP contribution >= 0.6 is 0 Å². The highest BCUT2D eigenvalue weighted by atomic mass is 32.2. The molecular formula is C30H31NO4S. The molecule has 3 aromatic carbocycles. The van der Waals surface area contributed by atoms with E-state index in [4.69, 9.17) is 0 Å². The molecule has 0 saturated carbocycles. The lowest BCUT2D eigenvalue weighted by Crippen LogP contribution is -2.22. The average molecular weight is 502 g/mol. The van der Waals surface area contributed by atoms with Gasteiger partial charge in [-0.2, -0.15) is 0 Å². The number of rotatable bonds is 7. The van der Waals surface area contributed by atoms with Gasteiger partial charge in [-0.05, 0) is 59.4 Å². The minimum Gasteiger partial charge on any atom is -0.478 e. The van der Waals surface area contributed by atoms with Gasteiger partial charge in [-0.1, -0.05) is 74.9 Å². The Hall–Kier alpha value is -3.64. The van der Waals surface area contributed by atoms with Gasteiger partial charge in [0, 0.05) is 17.5 Å². The molecule has 1 atom stereocenters. The molecule has 186 valence electrons. The minimum absolute atomic E-state index is 0.129. The van der Waals surface area contributed by atoms with Crippen LogP contribution in [0.5, 0.6) is 0 Å². The number of benzene rings is 3. The van der Waals surface area contributed by atoms with Crippen LogP contribution in [0.3, 0.4) is 0 Å². The first-order valence-electron chi connectivity index (χ1n) is 11.8. The number of hydrogen-bond donors (Lipinski definition) is 1. The first-order chi connectivity index (χ1) is 16.9. The SMILES string of the molecule is C=CC(c1cccc(C(C)(C)C)c1)S(=O)(=O)n1c(Cc2ccc(C(=O)O)cc2)cc2cc(C)ccc21. The molecule has 1 unspecified atom stereocenters. The van der Waals surface area contributed by atoms with E-state index < -0.39 is 21.2 Å². The predicted molar refractivity (Wildman–Crippen MR) is 145 cm³/mol. The second-order valence-electron chi connectivity index (χ2n) is 10.2. The van der Waals surface area contributed by atoms with E-state index in [2.05, 4.69) is 27.4 Å². The molecule has 0 radical (unpaired) electrons. The summed E-state index contributed by atoms with van der Waals surface area (Å²) in [6.45, 7) is 12.2. The van der Waals surface area contributed by atoms with Crippen molar-refractivity contribution >= 4 is 26.9 Å². The standard InChI is InChI=1S/C30H31NO4S/c1-6-28(23-8-7-9-25(18-23)30(3,4)5)36(34,35)31-26(19-24-16-20(2)10-15-27(24)31)17-21-11-13-22(14-12-21)29(32)33/h6-16,18-19,28H,1,17H2,2-5H3,(H,32,33). The van der Waals surface area contributed by atoms with Crippen LogP contribution in [0.4, 0.5) is 0 Å². The van der Waals surface area contributed by atoms with Gasteiger partial charge in [-0.3, -0.25) is 0 Å². The maximum atomic E-state index is 14.3. The highest BCUT2D eigenvalue weighted by Gasteiger charge is 2.30. The molecule has 1 N–H and O–H groups in total. The zero-order valence-corrected chi connectivity index (χ0v) is 21.8. The lowest BCUT2D eigenvalue weighted by Gasteiger charge is -2.23. The Morgan fingerprint density at radius 3 is 2.33 bits per heavy atom. The molecule has 0 aliphatic heterocycles. The largest absolute Gasteiger partial charge is 0.478 e. The normalized spacial score (nSPS) is 13.0. The zero-order chi connectivity index (χ0) is 26.3. The van der Waals surface area contributed by atoms with Crippen LogP contribution in [0.15, 0.2) is 85.5 Å². The number of carboxylic acids is 1. The minimum atomic E-state index is -3.93. The fraction of sp³-hybridized carbons (Fsp3) is 0.233. The lowest BCUT2D eigenvalue weighted by molar-refractivity contribution is 0.0697. The van der Waals surface area contributed by atoms with Crippen molar-refractivity contribution in [2.24, 2.45) is 0 Å². The Balaban J connectivity index is 1.87. The van der Waals surface area contributed by atoms with Gasteiger partial charge in [0.1, 0.15) is 5.25 Å². The van der Waals surface area contributed by atoms with Crippen LogP contribution in [0, 0.1) is 6.92 Å². The smallest absolute Gasteiger partial charge is 0.335 e. The maximum Gasteiger partial charge on any atom is 0.335 e. The molecule has 0 aliphatic carbocycles. The van der Waals surface area contributed by atoms with Gasteiger partial charge in [0.2, 0.25) is 10.0 Å². The molecule has 1 aromatic heterocycles. The monoisotopic (exact) mass is 501 g/mol. The van der Waals surface area contributed by atoms with Crippen molar-refractivity contribution in [1.29, 1.82) is 0 Å². The van der Waals surface area contributed by atoms with Gasteiger partial charge in [-0.15, -0.1) is 6.58 Å². The first kappa shape index (κ1) is 25.5. The molecule has 0 spiro atoms. The summed E-state index contributed by atoms with van der Waals surface area (Å²) >= 11 is 0. The summed E-state index contributed by atoms with van der Waals surface area (Å²) in [5, 5.41) is 9.11. The third-order valence-corrected chi connectivity index (χ3v) is 8.49. The number of carbonyl (C=O) groups is 1. The van der Waals surface area contributed by atoms with Gasteiger partial charge >= 0.3 is 5.97 Å². The molecule has 0 bridgehead atoms. The summed E-state index contributed by atoms with van der Waals surface area (Å²) in [6.07, 6.45) is 1.82. The number of carboxylic acid groups (broad SMARTS) is 1. The summed E-state index contributed by atoms with van der Waals surface area (Å²) < 4.78 is 29.9. The van der Waals surface area contributed by atoms with E-state index in [9.17, 15) is 18.3 Å². The molecule has 0 amide bonds. The molecule has 4 rings (SSSR count). The summed E-state index contributed by atoms with van der Waals surface area (Å²) in [7, 11) is -3.93. The van der Waals surface area contributed by atoms with E-state index >= 15 is 0 Å². The van der Waals surface area contributed by atoms with Gasteiger partial charge in [0.15, 0.2) is 0 Å². The first-order valence-corrected chi connectivity index (χ1v) is 13.3. The molecule has 36 heavy (non-hydrogen) atoms. The van der Waals surface area contributed by atoms with Crippen LogP contribution in [0.2, 0.25) is 0 Å². The third-order valence-electron chi connectivity index (χ3n) is 6.44. The van der Waals surface area contributed by atoms with Crippen LogP contribution in [0.1, 0.15) is 64.3 Å². The zero-order valence-electron chi connectivity index (χ0n) is 21.0. The molecular weight excluding hydrogens is 470 g/mol. The highest BCUT2D eigenvalue weighted by molar-refractivity contribution is 7.90. The fourth-order valence-electron chi connectivity index (χ4n) is 4.49. The Labute approximate surface area is 212 Å². The van der Waals surface area contributed by atoms with Crippen molar-refractivity contribution < 1.29 is 18.3 Å². The number of aryl methyl sites for hydroxylation is 1. The maximum absolute atomic E-state index is 14.3. The molecule has 6 heteroatoms. The van der Waals surface area contributed by atoms with Crippen molar-refractivity contribution in [3.63, 3.8) is 0 Å². The topological polar surface area (TPSA) is 76.4 Å². The van der Waals surface area contributed by atoms with E-state index in [0.29, 0.717) is 23.2 Å². The van der Waals surface area contributed by atoms with Crippen molar-refractivity contribution in [2.75, 3.05) is 0 Å². The summed E-state index contributed by atoms with van der Waals surface area (Å²) in [4.78, 5) is 11.2. The number of hydrogen-bond acceptors (Lipinski definition) is 3. The Morgan fingerprint density at radius 1 is 1.03 bits per heavy atom. The van der Waals surface area contributed by atoms with Crippen LogP contribution in [-0.2, 0) is 21.9 Å². The van der Waals surface area contributed by atoms with Crippen molar-refractivity contribution in [3.8, 4) is 0 Å². The molecule has 1 heterocycles. The second-order valence-corrected chi connectivity index (χ2v) is 12.1. The molecule has 0 fully saturated rings. The molecule has 4 aromatic rings. The molecule has 0 aliphatic rings. The molecule has 0 saturated heterocycles. The fourth-order valence-corrected chi connectivity index (χ4v) is 6.34. The predicted octanol–water partition coefficient (Wildman–Crippen LogP) is 6.64. The Bertz CT molecular complexity index is 1560. The van der Waals surface area contributed by atoms with E-state index in [0.717, 1.165) is 22.1 Å². The summed E-state index contributed by atoms with van der Waals surface area (Å²) in [6, 6.07) is 21.8. The van der Waals surface area contributed by atoms with Gasteiger partial charge in [0.25, 0.3) is 0 Å². The number of aromatic nitrogens is 1. The number of fused-ring (bicyclic) bond motifs is 1. The average Bonchev–Trinajstić information content (AvgIpc) is 3.17. The lowest BCUT2D eigenvalue weighted by atomic mass is 9.86. The van der Waals surface area contributed by atoms with Crippen molar-refractivity contribution in [1.82, 2.24) is 3.97 Å². The Kier molecular flexibility index (Phi) is 6.67. The van der Waals surface area contributed by atoms with Crippen LogP contribution in [0.25, 0.3) is 10.9 Å². The van der Waals surface area contributed by atoms with Crippen LogP contribution < -0.4 is 0 Å². The van der Waals surface area contributed by atoms with E-state index in [1.165, 1.54) is 22.2 Å². The van der Waals surface area contributed by atoms with E-state index in [-0.39, 0.29) is 11.0 Å². The van der Waals surface area contributed by atoms with E-state index in [1.807, 2.05) is 55.5 Å². The quantitative estimate of drug-likeness (QED) is 0.288. The number of nitrogens with zero attached hydrogens (tertiary/aromatic N) is 1. The second kappa shape index (κ2) is 9.43. The van der Waals surface area contributed by atoms with Crippen LogP contribution in [-0.4, -0.2) is 23.5 Å².